The molecule has 33 heavy (non-hydrogen) atoms. The van der Waals surface area contributed by atoms with Crippen LogP contribution in [0.4, 0.5) is 0 Å². The molecule has 0 bridgehead atoms. The molecule has 1 N–H and O–H groups in total. The van der Waals surface area contributed by atoms with Crippen LogP contribution >= 0.6 is 0 Å². The van der Waals surface area contributed by atoms with Crippen molar-refractivity contribution < 1.29 is 14.7 Å². The predicted octanol–water partition coefficient (Wildman–Crippen LogP) is 5.31. The molecule has 1 unspecified atom stereocenters. The van der Waals surface area contributed by atoms with Gasteiger partial charge in [0.2, 0.25) is 0 Å². The highest BCUT2D eigenvalue weighted by atomic mass is 16.3. The van der Waals surface area contributed by atoms with E-state index >= 15 is 0 Å². The van der Waals surface area contributed by atoms with Crippen molar-refractivity contribution in [3.05, 3.63) is 106 Å². The van der Waals surface area contributed by atoms with Crippen LogP contribution < -0.4 is 0 Å². The molecule has 0 radical (unpaired) electrons. The molecule has 1 fully saturated rings. The topological polar surface area (TPSA) is 70.5 Å². The minimum absolute atomic E-state index is 0.115. The SMILES string of the molecule is Cc1ccc(C(C)(C)C)cc1/C(O)=C1\C(=O)C(=O)N(Cc2cccnc2)C1c1ccccc1. The molecule has 1 aromatic heterocycles. The van der Waals surface area contributed by atoms with Gasteiger partial charge in [0.05, 0.1) is 11.6 Å². The summed E-state index contributed by atoms with van der Waals surface area (Å²) in [5.41, 5.74) is 4.01. The lowest BCUT2D eigenvalue weighted by molar-refractivity contribution is -0.140. The summed E-state index contributed by atoms with van der Waals surface area (Å²) in [7, 11) is 0. The van der Waals surface area contributed by atoms with Gasteiger partial charge >= 0.3 is 0 Å². The monoisotopic (exact) mass is 440 g/mol. The second-order valence-corrected chi connectivity index (χ2v) is 9.48. The number of Topliss-reactive ketones (excluding diaryl/α,β-unsaturated/α-hetero) is 1. The van der Waals surface area contributed by atoms with E-state index in [9.17, 15) is 14.7 Å². The van der Waals surface area contributed by atoms with E-state index in [2.05, 4.69) is 25.8 Å². The Hall–Kier alpha value is -3.73. The third kappa shape index (κ3) is 4.31. The number of nitrogens with zero attached hydrogens (tertiary/aromatic N) is 2. The number of aliphatic hydroxyl groups excluding tert-OH is 1. The van der Waals surface area contributed by atoms with Gasteiger partial charge < -0.3 is 10.0 Å². The summed E-state index contributed by atoms with van der Waals surface area (Å²) in [5.74, 6) is -1.44. The Morgan fingerprint density at radius 1 is 1.03 bits per heavy atom. The third-order valence-electron chi connectivity index (χ3n) is 6.09. The first-order valence-electron chi connectivity index (χ1n) is 11.0. The highest BCUT2D eigenvalue weighted by Gasteiger charge is 2.46. The Morgan fingerprint density at radius 3 is 2.39 bits per heavy atom. The fourth-order valence-corrected chi connectivity index (χ4v) is 4.20. The summed E-state index contributed by atoms with van der Waals surface area (Å²) in [6.07, 6.45) is 3.34. The molecule has 0 aliphatic carbocycles. The Balaban J connectivity index is 1.90. The van der Waals surface area contributed by atoms with Gasteiger partial charge in [0.15, 0.2) is 0 Å². The molecule has 4 rings (SSSR count). The first-order valence-corrected chi connectivity index (χ1v) is 11.0. The van der Waals surface area contributed by atoms with Crippen LogP contribution in [-0.4, -0.2) is 26.7 Å². The van der Waals surface area contributed by atoms with Crippen molar-refractivity contribution in [2.24, 2.45) is 0 Å². The van der Waals surface area contributed by atoms with Gasteiger partial charge in [0, 0.05) is 24.5 Å². The molecule has 5 nitrogen and oxygen atoms in total. The van der Waals surface area contributed by atoms with Crippen molar-refractivity contribution in [1.29, 1.82) is 0 Å². The fraction of sp³-hybridized carbons (Fsp3) is 0.250. The minimum Gasteiger partial charge on any atom is -0.507 e. The highest BCUT2D eigenvalue weighted by molar-refractivity contribution is 6.46. The van der Waals surface area contributed by atoms with E-state index in [-0.39, 0.29) is 23.3 Å². The zero-order valence-electron chi connectivity index (χ0n) is 19.4. The molecule has 5 heteroatoms. The third-order valence-corrected chi connectivity index (χ3v) is 6.09. The van der Waals surface area contributed by atoms with Crippen LogP contribution in [0.3, 0.4) is 0 Å². The van der Waals surface area contributed by atoms with Crippen molar-refractivity contribution in [3.63, 3.8) is 0 Å². The zero-order chi connectivity index (χ0) is 23.8. The Labute approximate surface area is 194 Å². The van der Waals surface area contributed by atoms with Gasteiger partial charge in [-0.2, -0.15) is 0 Å². The van der Waals surface area contributed by atoms with Crippen molar-refractivity contribution >= 4 is 17.4 Å². The number of hydrogen-bond acceptors (Lipinski definition) is 4. The summed E-state index contributed by atoms with van der Waals surface area (Å²) in [5, 5.41) is 11.5. The Morgan fingerprint density at radius 2 is 1.76 bits per heavy atom. The maximum absolute atomic E-state index is 13.3. The van der Waals surface area contributed by atoms with E-state index in [1.807, 2.05) is 61.5 Å². The first kappa shape index (κ1) is 22.5. The van der Waals surface area contributed by atoms with Crippen LogP contribution in [0, 0.1) is 6.92 Å². The summed E-state index contributed by atoms with van der Waals surface area (Å²) < 4.78 is 0. The van der Waals surface area contributed by atoms with E-state index in [1.54, 1.807) is 18.5 Å². The number of likely N-dealkylation sites (tertiary alicyclic amines) is 1. The molecule has 1 amide bonds. The van der Waals surface area contributed by atoms with E-state index in [4.69, 9.17) is 0 Å². The predicted molar refractivity (Wildman–Crippen MR) is 128 cm³/mol. The Bertz CT molecular complexity index is 1230. The molecule has 0 saturated carbocycles. The number of pyridine rings is 1. The van der Waals surface area contributed by atoms with E-state index in [0.717, 1.165) is 22.3 Å². The van der Waals surface area contributed by atoms with E-state index in [1.165, 1.54) is 4.90 Å². The average Bonchev–Trinajstić information content (AvgIpc) is 3.04. The molecule has 168 valence electrons. The molecule has 3 aromatic rings. The summed E-state index contributed by atoms with van der Waals surface area (Å²) >= 11 is 0. The number of aryl methyl sites for hydroxylation is 1. The van der Waals surface area contributed by atoms with Gasteiger partial charge in [0.1, 0.15) is 5.76 Å². The van der Waals surface area contributed by atoms with Gasteiger partial charge in [-0.1, -0.05) is 69.3 Å². The van der Waals surface area contributed by atoms with Gasteiger partial charge in [-0.25, -0.2) is 0 Å². The van der Waals surface area contributed by atoms with Crippen LogP contribution in [0.25, 0.3) is 5.76 Å². The molecule has 1 saturated heterocycles. The number of carbonyl (C=O) groups is 2. The first-order chi connectivity index (χ1) is 15.7. The van der Waals surface area contributed by atoms with Crippen molar-refractivity contribution in [1.82, 2.24) is 9.88 Å². The molecular weight excluding hydrogens is 412 g/mol. The summed E-state index contributed by atoms with van der Waals surface area (Å²) in [6, 6.07) is 18.2. The number of hydrogen-bond donors (Lipinski definition) is 1. The van der Waals surface area contributed by atoms with Crippen LogP contribution in [0.2, 0.25) is 0 Å². The molecule has 2 aromatic carbocycles. The maximum Gasteiger partial charge on any atom is 0.295 e. The molecule has 1 aliphatic heterocycles. The second kappa shape index (κ2) is 8.66. The largest absolute Gasteiger partial charge is 0.507 e. The van der Waals surface area contributed by atoms with E-state index < -0.39 is 17.7 Å². The number of ketones is 1. The van der Waals surface area contributed by atoms with Gasteiger partial charge in [-0.15, -0.1) is 0 Å². The summed E-state index contributed by atoms with van der Waals surface area (Å²) in [6.45, 7) is 8.40. The molecule has 1 atom stereocenters. The average molecular weight is 441 g/mol. The minimum atomic E-state index is -0.691. The van der Waals surface area contributed by atoms with Crippen molar-refractivity contribution in [2.45, 2.75) is 45.7 Å². The number of aliphatic hydroxyl groups is 1. The number of aromatic nitrogens is 1. The number of rotatable bonds is 4. The lowest BCUT2D eigenvalue weighted by Gasteiger charge is -2.26. The molecule has 0 spiro atoms. The molecule has 1 aliphatic rings. The van der Waals surface area contributed by atoms with Crippen LogP contribution in [0.15, 0.2) is 78.6 Å². The quantitative estimate of drug-likeness (QED) is 0.339. The van der Waals surface area contributed by atoms with Crippen molar-refractivity contribution in [2.75, 3.05) is 0 Å². The zero-order valence-corrected chi connectivity index (χ0v) is 19.4. The van der Waals surface area contributed by atoms with Crippen LogP contribution in [0.1, 0.15) is 54.6 Å². The molecular formula is C28H28N2O3. The van der Waals surface area contributed by atoms with Gasteiger partial charge in [-0.3, -0.25) is 14.6 Å². The van der Waals surface area contributed by atoms with Crippen molar-refractivity contribution in [3.8, 4) is 0 Å². The molecule has 2 heterocycles. The second-order valence-electron chi connectivity index (χ2n) is 9.48. The highest BCUT2D eigenvalue weighted by Crippen LogP contribution is 2.41. The Kier molecular flexibility index (Phi) is 5.90. The lowest BCUT2D eigenvalue weighted by Crippen LogP contribution is -2.29. The fourth-order valence-electron chi connectivity index (χ4n) is 4.20. The smallest absolute Gasteiger partial charge is 0.295 e. The maximum atomic E-state index is 13.3. The van der Waals surface area contributed by atoms with Gasteiger partial charge in [0.25, 0.3) is 11.7 Å². The van der Waals surface area contributed by atoms with Crippen LogP contribution in [-0.2, 0) is 21.5 Å². The standard InChI is InChI=1S/C28H28N2O3/c1-18-12-13-21(28(2,3)4)15-22(18)25(31)23-24(20-10-6-5-7-11-20)30(27(33)26(23)32)17-19-9-8-14-29-16-19/h5-16,24,31H,17H2,1-4H3/b25-23+. The lowest BCUT2D eigenvalue weighted by atomic mass is 9.84. The number of amides is 1. The van der Waals surface area contributed by atoms with E-state index in [0.29, 0.717) is 5.56 Å². The normalized spacial score (nSPS) is 18.1. The summed E-state index contributed by atoms with van der Waals surface area (Å²) in [4.78, 5) is 32.1. The van der Waals surface area contributed by atoms with Crippen LogP contribution in [0.5, 0.6) is 0 Å². The number of carbonyl (C=O) groups excluding carboxylic acids is 2. The van der Waals surface area contributed by atoms with Gasteiger partial charge in [-0.05, 0) is 46.7 Å². The number of benzene rings is 2.